The van der Waals surface area contributed by atoms with Crippen molar-refractivity contribution in [1.29, 1.82) is 0 Å². The van der Waals surface area contributed by atoms with E-state index in [0.717, 1.165) is 11.3 Å². The van der Waals surface area contributed by atoms with E-state index in [9.17, 15) is 18.8 Å². The highest BCUT2D eigenvalue weighted by Crippen LogP contribution is 2.31. The van der Waals surface area contributed by atoms with Crippen LogP contribution in [0.15, 0.2) is 59.2 Å². The van der Waals surface area contributed by atoms with Gasteiger partial charge in [0.15, 0.2) is 5.76 Å². The molecule has 1 saturated heterocycles. The van der Waals surface area contributed by atoms with E-state index in [1.54, 1.807) is 17.0 Å². The summed E-state index contributed by atoms with van der Waals surface area (Å²) in [6.45, 7) is 0.676. The molecule has 162 valence electrons. The van der Waals surface area contributed by atoms with E-state index in [2.05, 4.69) is 5.32 Å². The molecular formula is C24H20FN3O4. The van der Waals surface area contributed by atoms with Crippen LogP contribution in [0, 0.1) is 5.82 Å². The molecule has 1 aromatic heterocycles. The topological polar surface area (TPSA) is 82.9 Å². The molecule has 2 aliphatic heterocycles. The van der Waals surface area contributed by atoms with Crippen molar-refractivity contribution in [3.05, 3.63) is 77.5 Å². The van der Waals surface area contributed by atoms with Crippen molar-refractivity contribution < 1.29 is 23.2 Å². The van der Waals surface area contributed by atoms with E-state index < -0.39 is 11.7 Å². The minimum absolute atomic E-state index is 0.0483. The average Bonchev–Trinajstić information content (AvgIpc) is 3.48. The number of fused-ring (bicyclic) bond motifs is 1. The third kappa shape index (κ3) is 3.53. The summed E-state index contributed by atoms with van der Waals surface area (Å²) in [6.07, 6.45) is 2.81. The zero-order chi connectivity index (χ0) is 22.2. The Kier molecular flexibility index (Phi) is 4.97. The van der Waals surface area contributed by atoms with Crippen molar-refractivity contribution in [2.24, 2.45) is 0 Å². The van der Waals surface area contributed by atoms with Gasteiger partial charge in [-0.2, -0.15) is 0 Å². The van der Waals surface area contributed by atoms with Gasteiger partial charge in [0, 0.05) is 29.9 Å². The molecule has 0 radical (unpaired) electrons. The highest BCUT2D eigenvalue weighted by molar-refractivity contribution is 6.05. The number of benzene rings is 2. The van der Waals surface area contributed by atoms with Gasteiger partial charge in [-0.05, 0) is 42.3 Å². The number of amides is 3. The Bertz CT molecular complexity index is 1240. The summed E-state index contributed by atoms with van der Waals surface area (Å²) in [6, 6.07) is 13.4. The van der Waals surface area contributed by atoms with Crippen LogP contribution in [0.1, 0.15) is 34.5 Å². The number of carbonyl (C=O) groups is 3. The van der Waals surface area contributed by atoms with Gasteiger partial charge in [0.1, 0.15) is 5.82 Å². The molecule has 8 heteroatoms. The molecule has 0 bridgehead atoms. The second-order valence-electron chi connectivity index (χ2n) is 7.83. The van der Waals surface area contributed by atoms with Crippen LogP contribution in [0.25, 0.3) is 0 Å². The maximum Gasteiger partial charge on any atom is 0.291 e. The van der Waals surface area contributed by atoms with Gasteiger partial charge in [-0.3, -0.25) is 14.4 Å². The summed E-state index contributed by atoms with van der Waals surface area (Å²) >= 11 is 0. The van der Waals surface area contributed by atoms with E-state index in [4.69, 9.17) is 4.42 Å². The van der Waals surface area contributed by atoms with Crippen LogP contribution < -0.4 is 15.1 Å². The molecule has 0 atom stereocenters. The Labute approximate surface area is 183 Å². The molecule has 3 heterocycles. The highest BCUT2D eigenvalue weighted by Gasteiger charge is 2.29. The third-order valence-electron chi connectivity index (χ3n) is 5.78. The molecule has 0 spiro atoms. The van der Waals surface area contributed by atoms with Crippen LogP contribution in [0.4, 0.5) is 21.5 Å². The summed E-state index contributed by atoms with van der Waals surface area (Å²) in [5.41, 5.74) is 2.76. The van der Waals surface area contributed by atoms with Gasteiger partial charge < -0.3 is 19.5 Å². The van der Waals surface area contributed by atoms with Crippen LogP contribution >= 0.6 is 0 Å². The first-order valence-corrected chi connectivity index (χ1v) is 10.4. The fraction of sp³-hybridized carbons (Fsp3) is 0.208. The Morgan fingerprint density at radius 3 is 2.69 bits per heavy atom. The van der Waals surface area contributed by atoms with E-state index in [0.29, 0.717) is 31.4 Å². The van der Waals surface area contributed by atoms with Crippen molar-refractivity contribution >= 4 is 34.8 Å². The van der Waals surface area contributed by atoms with Crippen LogP contribution in [-0.2, 0) is 22.6 Å². The molecule has 5 rings (SSSR count). The van der Waals surface area contributed by atoms with Gasteiger partial charge in [0.2, 0.25) is 11.8 Å². The van der Waals surface area contributed by atoms with Gasteiger partial charge in [-0.1, -0.05) is 18.2 Å². The van der Waals surface area contributed by atoms with Gasteiger partial charge in [0.25, 0.3) is 5.91 Å². The summed E-state index contributed by atoms with van der Waals surface area (Å²) in [5, 5.41) is 2.63. The fourth-order valence-electron chi connectivity index (χ4n) is 4.21. The lowest BCUT2D eigenvalue weighted by Crippen LogP contribution is -2.27. The van der Waals surface area contributed by atoms with Crippen molar-refractivity contribution in [3.8, 4) is 0 Å². The Balaban J connectivity index is 1.33. The fourth-order valence-corrected chi connectivity index (χ4v) is 4.21. The second kappa shape index (κ2) is 7.96. The first-order chi connectivity index (χ1) is 15.5. The number of hydrogen-bond donors (Lipinski definition) is 1. The smallest absolute Gasteiger partial charge is 0.291 e. The summed E-state index contributed by atoms with van der Waals surface area (Å²) in [5.74, 6) is -1.24. The zero-order valence-corrected chi connectivity index (χ0v) is 17.1. The number of rotatable bonds is 5. The number of halogens is 1. The Hall–Kier alpha value is -3.94. The van der Waals surface area contributed by atoms with E-state index >= 15 is 0 Å². The number of nitrogens with zero attached hydrogens (tertiary/aromatic N) is 2. The van der Waals surface area contributed by atoms with Crippen LogP contribution in [-0.4, -0.2) is 24.3 Å². The van der Waals surface area contributed by atoms with Crippen molar-refractivity contribution in [3.63, 3.8) is 0 Å². The number of anilines is 3. The molecule has 1 fully saturated rings. The van der Waals surface area contributed by atoms with E-state index in [-0.39, 0.29) is 35.5 Å². The summed E-state index contributed by atoms with van der Waals surface area (Å²) in [4.78, 5) is 40.2. The van der Waals surface area contributed by atoms with Gasteiger partial charge in [-0.15, -0.1) is 0 Å². The minimum atomic E-state index is -0.586. The van der Waals surface area contributed by atoms with Gasteiger partial charge >= 0.3 is 0 Å². The first kappa shape index (κ1) is 20.0. The molecular weight excluding hydrogens is 413 g/mol. The average molecular weight is 433 g/mol. The van der Waals surface area contributed by atoms with Crippen LogP contribution in [0.5, 0.6) is 0 Å². The standard InChI is InChI=1S/C24H20FN3O4/c25-18-13-17(7-8-20(18)27-10-3-6-21(27)29)26-24(31)23-16(9-11-32-23)14-28-19-5-2-1-4-15(19)12-22(28)30/h1-2,4-5,7-9,11,13H,3,6,10,12,14H2,(H,26,31). The number of furan rings is 1. The lowest BCUT2D eigenvalue weighted by Gasteiger charge is -2.18. The minimum Gasteiger partial charge on any atom is -0.459 e. The molecule has 3 amide bonds. The normalized spacial score (nSPS) is 15.4. The predicted octanol–water partition coefficient (Wildman–Crippen LogP) is 3.89. The number of para-hydroxylation sites is 1. The zero-order valence-electron chi connectivity index (χ0n) is 17.1. The highest BCUT2D eigenvalue weighted by atomic mass is 19.1. The van der Waals surface area contributed by atoms with E-state index in [1.165, 1.54) is 23.3 Å². The first-order valence-electron chi connectivity index (χ1n) is 10.4. The molecule has 32 heavy (non-hydrogen) atoms. The molecule has 2 aliphatic rings. The molecule has 2 aromatic carbocycles. The van der Waals surface area contributed by atoms with Crippen molar-refractivity contribution in [2.45, 2.75) is 25.8 Å². The Morgan fingerprint density at radius 1 is 1.06 bits per heavy atom. The molecule has 3 aromatic rings. The number of hydrogen-bond acceptors (Lipinski definition) is 4. The van der Waals surface area contributed by atoms with Crippen LogP contribution in [0.3, 0.4) is 0 Å². The van der Waals surface area contributed by atoms with Crippen LogP contribution in [0.2, 0.25) is 0 Å². The van der Waals surface area contributed by atoms with Crippen molar-refractivity contribution in [1.82, 2.24) is 0 Å². The maximum atomic E-state index is 14.6. The summed E-state index contributed by atoms with van der Waals surface area (Å²) < 4.78 is 20.0. The predicted molar refractivity (Wildman–Crippen MR) is 116 cm³/mol. The molecule has 0 aliphatic carbocycles. The molecule has 0 unspecified atom stereocenters. The quantitative estimate of drug-likeness (QED) is 0.662. The second-order valence-corrected chi connectivity index (χ2v) is 7.83. The molecule has 7 nitrogen and oxygen atoms in total. The van der Waals surface area contributed by atoms with Gasteiger partial charge in [-0.25, -0.2) is 4.39 Å². The maximum absolute atomic E-state index is 14.6. The SMILES string of the molecule is O=C(Nc1ccc(N2CCCC2=O)c(F)c1)c1occc1CN1C(=O)Cc2ccccc21. The third-order valence-corrected chi connectivity index (χ3v) is 5.78. The number of nitrogens with one attached hydrogen (secondary N) is 1. The van der Waals surface area contributed by atoms with E-state index in [1.807, 2.05) is 24.3 Å². The Morgan fingerprint density at radius 2 is 1.91 bits per heavy atom. The monoisotopic (exact) mass is 433 g/mol. The van der Waals surface area contributed by atoms with Gasteiger partial charge in [0.05, 0.1) is 24.9 Å². The lowest BCUT2D eigenvalue weighted by atomic mass is 10.1. The lowest BCUT2D eigenvalue weighted by molar-refractivity contribution is -0.118. The summed E-state index contributed by atoms with van der Waals surface area (Å²) in [7, 11) is 0. The largest absolute Gasteiger partial charge is 0.459 e. The molecule has 0 saturated carbocycles. The molecule has 1 N–H and O–H groups in total. The van der Waals surface area contributed by atoms with Crippen molar-refractivity contribution in [2.75, 3.05) is 21.7 Å². The number of carbonyl (C=O) groups excluding carboxylic acids is 3.